The van der Waals surface area contributed by atoms with Crippen molar-refractivity contribution in [1.29, 1.82) is 0 Å². The lowest BCUT2D eigenvalue weighted by Gasteiger charge is -2.06. The van der Waals surface area contributed by atoms with Gasteiger partial charge in [0.2, 0.25) is 0 Å². The minimum atomic E-state index is -4.26. The van der Waals surface area contributed by atoms with E-state index in [1.165, 1.54) is 0 Å². The molecule has 0 bridgehead atoms. The number of nitrogen functional groups attached to an aromatic ring is 1. The highest BCUT2D eigenvalue weighted by Gasteiger charge is 2.21. The summed E-state index contributed by atoms with van der Waals surface area (Å²) in [5.41, 5.74) is 4.86. The number of benzene rings is 1. The number of nitro groups is 1. The first-order valence-corrected chi connectivity index (χ1v) is 8.51. The van der Waals surface area contributed by atoms with E-state index in [1.54, 1.807) is 0 Å². The van der Waals surface area contributed by atoms with Gasteiger partial charge in [-0.3, -0.25) is 14.7 Å². The summed E-state index contributed by atoms with van der Waals surface area (Å²) in [6.07, 6.45) is -0.344. The molecular weight excluding hydrogens is 312 g/mol. The lowest BCUT2D eigenvalue weighted by molar-refractivity contribution is -0.385. The van der Waals surface area contributed by atoms with Crippen LogP contribution < -0.4 is 5.73 Å². The van der Waals surface area contributed by atoms with Gasteiger partial charge in [-0.2, -0.15) is 8.42 Å². The highest BCUT2D eigenvalue weighted by atomic mass is 32.2. The van der Waals surface area contributed by atoms with E-state index in [0.717, 1.165) is 18.2 Å². The first kappa shape index (κ1) is 16.3. The van der Waals surface area contributed by atoms with Crippen LogP contribution in [-0.2, 0) is 20.0 Å². The van der Waals surface area contributed by atoms with E-state index in [0.29, 0.717) is 0 Å². The third kappa shape index (κ3) is 4.43. The minimum absolute atomic E-state index is 0.164. The Morgan fingerprint density at radius 1 is 1.20 bits per heavy atom. The number of hydrogen-bond acceptors (Lipinski definition) is 7. The molecule has 3 N–H and O–H groups in total. The molecule has 1 aromatic carbocycles. The first-order valence-electron chi connectivity index (χ1n) is 5.25. The van der Waals surface area contributed by atoms with Crippen molar-refractivity contribution in [3.8, 4) is 0 Å². The minimum Gasteiger partial charge on any atom is -0.398 e. The van der Waals surface area contributed by atoms with E-state index in [4.69, 9.17) is 10.3 Å². The highest BCUT2D eigenvalue weighted by molar-refractivity contribution is 7.91. The SMILES string of the molecule is Nc1ccc([N+](=O)[O-])cc1S(=O)(=O)CCCS(=O)(=O)O. The molecule has 0 heterocycles. The molecule has 1 rings (SSSR count). The van der Waals surface area contributed by atoms with Gasteiger partial charge in [-0.15, -0.1) is 0 Å². The fourth-order valence-electron chi connectivity index (χ4n) is 1.45. The topological polar surface area (TPSA) is 158 Å². The van der Waals surface area contributed by atoms with E-state index in [-0.39, 0.29) is 12.1 Å². The second-order valence-corrected chi connectivity index (χ2v) is 7.59. The third-order valence-electron chi connectivity index (χ3n) is 2.36. The normalized spacial score (nSPS) is 12.2. The summed E-state index contributed by atoms with van der Waals surface area (Å²) in [6, 6.07) is 2.97. The zero-order valence-corrected chi connectivity index (χ0v) is 11.7. The molecule has 0 saturated heterocycles. The Labute approximate surface area is 115 Å². The van der Waals surface area contributed by atoms with Gasteiger partial charge in [0.15, 0.2) is 9.84 Å². The average molecular weight is 324 g/mol. The quantitative estimate of drug-likeness (QED) is 0.325. The van der Waals surface area contributed by atoms with Crippen LogP contribution in [0.2, 0.25) is 0 Å². The summed E-state index contributed by atoms with van der Waals surface area (Å²) in [7, 11) is -8.24. The van der Waals surface area contributed by atoms with Crippen molar-refractivity contribution >= 4 is 31.3 Å². The Bertz CT molecular complexity index is 725. The van der Waals surface area contributed by atoms with E-state index >= 15 is 0 Å². The Morgan fingerprint density at radius 3 is 2.30 bits per heavy atom. The summed E-state index contributed by atoms with van der Waals surface area (Å²) in [5.74, 6) is -1.32. The highest BCUT2D eigenvalue weighted by Crippen LogP contribution is 2.25. The Balaban J connectivity index is 3.03. The number of non-ortho nitro benzene ring substituents is 1. The van der Waals surface area contributed by atoms with Crippen molar-refractivity contribution < 1.29 is 26.3 Å². The molecule has 0 fully saturated rings. The van der Waals surface area contributed by atoms with Gasteiger partial charge in [0.1, 0.15) is 0 Å². The third-order valence-corrected chi connectivity index (χ3v) is 5.01. The maximum atomic E-state index is 11.9. The second kappa shape index (κ2) is 5.73. The molecule has 112 valence electrons. The summed E-state index contributed by atoms with van der Waals surface area (Å²) in [5, 5.41) is 10.6. The van der Waals surface area contributed by atoms with Crippen molar-refractivity contribution in [2.45, 2.75) is 11.3 Å². The molecule has 0 aromatic heterocycles. The van der Waals surface area contributed by atoms with Crippen LogP contribution in [0.4, 0.5) is 11.4 Å². The molecule has 0 spiro atoms. The van der Waals surface area contributed by atoms with Gasteiger partial charge >= 0.3 is 0 Å². The molecule has 1 aromatic rings. The Morgan fingerprint density at radius 2 is 1.80 bits per heavy atom. The monoisotopic (exact) mass is 324 g/mol. The Hall–Kier alpha value is -1.72. The molecule has 0 saturated carbocycles. The maximum absolute atomic E-state index is 11.9. The van der Waals surface area contributed by atoms with Crippen LogP contribution in [0, 0.1) is 10.1 Å². The van der Waals surface area contributed by atoms with Gasteiger partial charge in [0.25, 0.3) is 15.8 Å². The molecule has 0 atom stereocenters. The first-order chi connectivity index (χ1) is 9.03. The molecule has 9 nitrogen and oxygen atoms in total. The van der Waals surface area contributed by atoms with Crippen LogP contribution in [0.3, 0.4) is 0 Å². The van der Waals surface area contributed by atoms with Gasteiger partial charge in [-0.25, -0.2) is 8.42 Å². The zero-order chi connectivity index (χ0) is 15.6. The fraction of sp³-hybridized carbons (Fsp3) is 0.333. The summed E-state index contributed by atoms with van der Waals surface area (Å²) in [4.78, 5) is 9.40. The summed E-state index contributed by atoms with van der Waals surface area (Å²) >= 11 is 0. The summed E-state index contributed by atoms with van der Waals surface area (Å²) < 4.78 is 53.4. The van der Waals surface area contributed by atoms with Gasteiger partial charge in [-0.05, 0) is 12.5 Å². The van der Waals surface area contributed by atoms with Crippen molar-refractivity contribution in [1.82, 2.24) is 0 Å². The number of anilines is 1. The standard InChI is InChI=1S/C9H12N2O7S2/c10-8-3-2-7(11(12)13)6-9(8)19(14,15)4-1-5-20(16,17)18/h2-3,6H,1,4-5,10H2,(H,16,17,18). The van der Waals surface area contributed by atoms with Crippen molar-refractivity contribution in [3.63, 3.8) is 0 Å². The average Bonchev–Trinajstić information content (AvgIpc) is 2.26. The van der Waals surface area contributed by atoms with Crippen LogP contribution >= 0.6 is 0 Å². The van der Waals surface area contributed by atoms with Gasteiger partial charge in [0.05, 0.1) is 27.0 Å². The van der Waals surface area contributed by atoms with E-state index < -0.39 is 47.0 Å². The molecule has 0 unspecified atom stereocenters. The smallest absolute Gasteiger partial charge is 0.270 e. The number of hydrogen-bond donors (Lipinski definition) is 2. The van der Waals surface area contributed by atoms with Gasteiger partial charge < -0.3 is 5.73 Å². The van der Waals surface area contributed by atoms with Crippen LogP contribution in [-0.4, -0.2) is 37.8 Å². The van der Waals surface area contributed by atoms with Crippen LogP contribution in [0.15, 0.2) is 23.1 Å². The van der Waals surface area contributed by atoms with Crippen molar-refractivity contribution in [3.05, 3.63) is 28.3 Å². The van der Waals surface area contributed by atoms with Crippen LogP contribution in [0.25, 0.3) is 0 Å². The fourth-order valence-corrected chi connectivity index (χ4v) is 3.61. The van der Waals surface area contributed by atoms with Crippen LogP contribution in [0.1, 0.15) is 6.42 Å². The van der Waals surface area contributed by atoms with Gasteiger partial charge in [0, 0.05) is 12.1 Å². The lowest BCUT2D eigenvalue weighted by Crippen LogP contribution is -2.14. The predicted molar refractivity (Wildman–Crippen MR) is 70.6 cm³/mol. The van der Waals surface area contributed by atoms with Crippen molar-refractivity contribution in [2.24, 2.45) is 0 Å². The molecule has 0 amide bonds. The largest absolute Gasteiger partial charge is 0.398 e. The summed E-state index contributed by atoms with van der Waals surface area (Å²) in [6.45, 7) is 0. The molecule has 0 aliphatic carbocycles. The van der Waals surface area contributed by atoms with Crippen LogP contribution in [0.5, 0.6) is 0 Å². The number of nitro benzene ring substituents is 1. The van der Waals surface area contributed by atoms with E-state index in [9.17, 15) is 26.9 Å². The molecule has 0 aliphatic rings. The van der Waals surface area contributed by atoms with E-state index in [2.05, 4.69) is 0 Å². The predicted octanol–water partition coefficient (Wildman–Crippen LogP) is 0.229. The van der Waals surface area contributed by atoms with E-state index in [1.807, 2.05) is 0 Å². The number of sulfone groups is 1. The molecule has 0 radical (unpaired) electrons. The van der Waals surface area contributed by atoms with Crippen molar-refractivity contribution in [2.75, 3.05) is 17.2 Å². The Kier molecular flexibility index (Phi) is 4.68. The number of rotatable bonds is 6. The number of nitrogens with zero attached hydrogens (tertiary/aromatic N) is 1. The molecular formula is C9H12N2O7S2. The zero-order valence-electron chi connectivity index (χ0n) is 10.1. The molecule has 11 heteroatoms. The maximum Gasteiger partial charge on any atom is 0.270 e. The second-order valence-electron chi connectivity index (χ2n) is 3.94. The molecule has 0 aliphatic heterocycles. The number of nitrogens with two attached hydrogens (primary N) is 1. The molecule has 20 heavy (non-hydrogen) atoms. The lowest BCUT2D eigenvalue weighted by atomic mass is 10.3. The van der Waals surface area contributed by atoms with Gasteiger partial charge in [-0.1, -0.05) is 0 Å².